The number of pyridine rings is 1. The van der Waals surface area contributed by atoms with Crippen molar-refractivity contribution in [1.29, 1.82) is 0 Å². The van der Waals surface area contributed by atoms with Crippen molar-refractivity contribution in [1.82, 2.24) is 19.9 Å². The molecule has 6 heteroatoms. The molecule has 4 rings (SSSR count). The van der Waals surface area contributed by atoms with Crippen LogP contribution in [0, 0.1) is 5.82 Å². The maximum Gasteiger partial charge on any atom is 0.251 e. The predicted octanol–water partition coefficient (Wildman–Crippen LogP) is 3.35. The van der Waals surface area contributed by atoms with E-state index in [0.717, 1.165) is 42.9 Å². The van der Waals surface area contributed by atoms with Gasteiger partial charge in [0.25, 0.3) is 5.56 Å². The lowest BCUT2D eigenvalue weighted by Crippen LogP contribution is -2.33. The van der Waals surface area contributed by atoms with Crippen LogP contribution < -0.4 is 5.56 Å². The summed E-state index contributed by atoms with van der Waals surface area (Å²) in [7, 11) is 0. The molecule has 0 aliphatic carbocycles. The van der Waals surface area contributed by atoms with Gasteiger partial charge in [0, 0.05) is 42.0 Å². The normalized spacial score (nSPS) is 15.7. The van der Waals surface area contributed by atoms with E-state index in [4.69, 9.17) is 0 Å². The van der Waals surface area contributed by atoms with E-state index in [-0.39, 0.29) is 17.3 Å². The van der Waals surface area contributed by atoms with Gasteiger partial charge >= 0.3 is 0 Å². The van der Waals surface area contributed by atoms with Crippen molar-refractivity contribution in [2.45, 2.75) is 25.3 Å². The first kappa shape index (κ1) is 17.5. The summed E-state index contributed by atoms with van der Waals surface area (Å²) >= 11 is 0. The molecule has 5 nitrogen and oxygen atoms in total. The molecule has 0 unspecified atom stereocenters. The summed E-state index contributed by atoms with van der Waals surface area (Å²) in [5.74, 6) is 0.771. The zero-order valence-corrected chi connectivity index (χ0v) is 14.9. The first-order chi connectivity index (χ1) is 13.2. The van der Waals surface area contributed by atoms with Crippen LogP contribution in [-0.4, -0.2) is 32.9 Å². The van der Waals surface area contributed by atoms with Crippen LogP contribution in [0.4, 0.5) is 4.39 Å². The lowest BCUT2D eigenvalue weighted by Gasteiger charge is -2.31. The number of nitrogens with zero attached hydrogens (tertiary/aromatic N) is 3. The number of hydrogen-bond donors (Lipinski definition) is 1. The number of likely N-dealkylation sites (tertiary alicyclic amines) is 1. The summed E-state index contributed by atoms with van der Waals surface area (Å²) in [5.41, 5.74) is 2.06. The number of aromatic nitrogens is 3. The lowest BCUT2D eigenvalue weighted by atomic mass is 9.95. The summed E-state index contributed by atoms with van der Waals surface area (Å²) < 4.78 is 13.9. The van der Waals surface area contributed by atoms with Crippen LogP contribution in [-0.2, 0) is 6.54 Å². The smallest absolute Gasteiger partial charge is 0.251 e. The van der Waals surface area contributed by atoms with Crippen LogP contribution >= 0.6 is 0 Å². The van der Waals surface area contributed by atoms with Crippen LogP contribution in [0.1, 0.15) is 30.1 Å². The molecule has 3 aromatic rings. The Balaban J connectivity index is 1.46. The molecular weight excluding hydrogens is 343 g/mol. The predicted molar refractivity (Wildman–Crippen MR) is 102 cm³/mol. The molecule has 0 spiro atoms. The minimum atomic E-state index is -0.158. The molecule has 1 aliphatic heterocycles. The van der Waals surface area contributed by atoms with E-state index < -0.39 is 0 Å². The van der Waals surface area contributed by atoms with Gasteiger partial charge in [-0.2, -0.15) is 0 Å². The average molecular weight is 364 g/mol. The molecule has 1 saturated heterocycles. The molecule has 3 heterocycles. The molecule has 1 fully saturated rings. The first-order valence-electron chi connectivity index (χ1n) is 9.16. The van der Waals surface area contributed by atoms with E-state index in [1.54, 1.807) is 18.5 Å². The van der Waals surface area contributed by atoms with E-state index in [1.807, 2.05) is 24.3 Å². The van der Waals surface area contributed by atoms with Gasteiger partial charge in [-0.15, -0.1) is 0 Å². The third-order valence-corrected chi connectivity index (χ3v) is 5.04. The standard InChI is InChI=1S/C21H21FN4O/c22-18-6-2-1-4-17(18)14-26-10-7-15(8-11-26)21-24-19(12-20(27)25-21)16-5-3-9-23-13-16/h1-6,9,12-13,15H,7-8,10-11,14H2,(H,24,25,27). The number of H-pyrrole nitrogens is 1. The number of aromatic amines is 1. The van der Waals surface area contributed by atoms with Crippen molar-refractivity contribution in [3.05, 3.63) is 82.4 Å². The van der Waals surface area contributed by atoms with Crippen LogP contribution in [0.5, 0.6) is 0 Å². The van der Waals surface area contributed by atoms with E-state index in [2.05, 4.69) is 19.9 Å². The van der Waals surface area contributed by atoms with E-state index >= 15 is 0 Å². The summed E-state index contributed by atoms with van der Waals surface area (Å²) in [6, 6.07) is 12.1. The van der Waals surface area contributed by atoms with Crippen LogP contribution in [0.25, 0.3) is 11.3 Å². The van der Waals surface area contributed by atoms with Gasteiger partial charge in [-0.05, 0) is 44.1 Å². The third kappa shape index (κ3) is 4.11. The Morgan fingerprint density at radius 3 is 2.70 bits per heavy atom. The highest BCUT2D eigenvalue weighted by Gasteiger charge is 2.23. The molecule has 0 amide bonds. The van der Waals surface area contributed by atoms with Gasteiger partial charge in [0.1, 0.15) is 11.6 Å². The second-order valence-corrected chi connectivity index (χ2v) is 6.90. The lowest BCUT2D eigenvalue weighted by molar-refractivity contribution is 0.199. The molecule has 0 bridgehead atoms. The Hall–Kier alpha value is -2.86. The van der Waals surface area contributed by atoms with Crippen molar-refractivity contribution in [2.75, 3.05) is 13.1 Å². The quantitative estimate of drug-likeness (QED) is 0.771. The van der Waals surface area contributed by atoms with Crippen molar-refractivity contribution < 1.29 is 4.39 Å². The van der Waals surface area contributed by atoms with Crippen molar-refractivity contribution >= 4 is 0 Å². The Morgan fingerprint density at radius 1 is 1.15 bits per heavy atom. The molecular formula is C21H21FN4O. The Bertz CT molecular complexity index is 965. The number of hydrogen-bond acceptors (Lipinski definition) is 4. The summed E-state index contributed by atoms with van der Waals surface area (Å²) in [4.78, 5) is 26.0. The second kappa shape index (κ2) is 7.80. The molecule has 1 N–H and O–H groups in total. The highest BCUT2D eigenvalue weighted by Crippen LogP contribution is 2.27. The minimum absolute atomic E-state index is 0.146. The summed E-state index contributed by atoms with van der Waals surface area (Å²) in [5, 5.41) is 0. The zero-order valence-electron chi connectivity index (χ0n) is 14.9. The van der Waals surface area contributed by atoms with Crippen LogP contribution in [0.15, 0.2) is 59.7 Å². The summed E-state index contributed by atoms with van der Waals surface area (Å²) in [6.07, 6.45) is 5.17. The summed E-state index contributed by atoms with van der Waals surface area (Å²) in [6.45, 7) is 2.30. The van der Waals surface area contributed by atoms with Gasteiger partial charge in [0.15, 0.2) is 0 Å². The molecule has 0 radical (unpaired) electrons. The fourth-order valence-electron chi connectivity index (χ4n) is 3.56. The SMILES string of the molecule is O=c1cc(-c2cccnc2)nc(C2CCN(Cc3ccccc3F)CC2)[nH]1. The first-order valence-corrected chi connectivity index (χ1v) is 9.16. The zero-order chi connectivity index (χ0) is 18.6. The highest BCUT2D eigenvalue weighted by molar-refractivity contribution is 5.56. The number of piperidine rings is 1. The van der Waals surface area contributed by atoms with Gasteiger partial charge in [0.05, 0.1) is 5.69 Å². The number of nitrogens with one attached hydrogen (secondary N) is 1. The van der Waals surface area contributed by atoms with Crippen molar-refractivity contribution in [3.63, 3.8) is 0 Å². The Kier molecular flexibility index (Phi) is 5.07. The van der Waals surface area contributed by atoms with E-state index in [9.17, 15) is 9.18 Å². The maximum absolute atomic E-state index is 13.9. The number of benzene rings is 1. The Morgan fingerprint density at radius 2 is 1.96 bits per heavy atom. The largest absolute Gasteiger partial charge is 0.310 e. The maximum atomic E-state index is 13.9. The molecule has 138 valence electrons. The number of halogens is 1. The molecule has 1 aliphatic rings. The van der Waals surface area contributed by atoms with Gasteiger partial charge in [0.2, 0.25) is 0 Å². The second-order valence-electron chi connectivity index (χ2n) is 6.90. The number of rotatable bonds is 4. The van der Waals surface area contributed by atoms with Gasteiger partial charge < -0.3 is 4.98 Å². The monoisotopic (exact) mass is 364 g/mol. The minimum Gasteiger partial charge on any atom is -0.310 e. The van der Waals surface area contributed by atoms with Crippen LogP contribution in [0.3, 0.4) is 0 Å². The molecule has 27 heavy (non-hydrogen) atoms. The molecule has 0 saturated carbocycles. The topological polar surface area (TPSA) is 61.9 Å². The molecule has 2 aromatic heterocycles. The Labute approximate surface area is 156 Å². The third-order valence-electron chi connectivity index (χ3n) is 5.04. The molecule has 0 atom stereocenters. The van der Waals surface area contributed by atoms with Gasteiger partial charge in [-0.3, -0.25) is 14.7 Å². The fourth-order valence-corrected chi connectivity index (χ4v) is 3.56. The fraction of sp³-hybridized carbons (Fsp3) is 0.286. The van der Waals surface area contributed by atoms with Crippen molar-refractivity contribution in [2.24, 2.45) is 0 Å². The molecule has 1 aromatic carbocycles. The average Bonchev–Trinajstić information content (AvgIpc) is 2.70. The van der Waals surface area contributed by atoms with Crippen molar-refractivity contribution in [3.8, 4) is 11.3 Å². The highest BCUT2D eigenvalue weighted by atomic mass is 19.1. The van der Waals surface area contributed by atoms with E-state index in [0.29, 0.717) is 12.2 Å². The van der Waals surface area contributed by atoms with Gasteiger partial charge in [-0.25, -0.2) is 9.37 Å². The van der Waals surface area contributed by atoms with E-state index in [1.165, 1.54) is 12.1 Å². The van der Waals surface area contributed by atoms with Crippen LogP contribution in [0.2, 0.25) is 0 Å². The van der Waals surface area contributed by atoms with Gasteiger partial charge in [-0.1, -0.05) is 18.2 Å².